The zero-order valence-electron chi connectivity index (χ0n) is 63.0. The molecule has 0 saturated heterocycles. The molecule has 0 aliphatic carbocycles. The molecule has 17 nitrogen and oxygen atoms in total. The maximum Gasteiger partial charge on any atom is 0.472 e. The van der Waals surface area contributed by atoms with Gasteiger partial charge < -0.3 is 33.8 Å². The summed E-state index contributed by atoms with van der Waals surface area (Å²) in [4.78, 5) is 72.8. The lowest BCUT2D eigenvalue weighted by Gasteiger charge is -2.21. The highest BCUT2D eigenvalue weighted by Crippen LogP contribution is 2.45. The number of hydrogen-bond donors (Lipinski definition) is 3. The lowest BCUT2D eigenvalue weighted by Crippen LogP contribution is -2.30. The standard InChI is InChI=1S/C77H150O17P2/c1-67(2)53-45-37-29-23-17-13-11-9-10-12-14-19-27-33-43-51-59-76(81)93-72(63-87-74(79)57-49-41-32-26-22-21-25-31-39-47-55-69(5)6)65-91-95(83,84)89-61-71(78)62-90-96(85,86)92-66-73(64-88-75(80)58-50-42-36-35-40-48-56-70(7)8)94-77(82)60-52-44-34-28-20-16-15-18-24-30-38-46-54-68(3)4/h67-73,78H,9-66H2,1-8H3,(H,83,84)(H,85,86)/t71-,72-,73-/m1/s1. The van der Waals surface area contributed by atoms with Crippen LogP contribution in [0, 0.1) is 23.7 Å². The summed E-state index contributed by atoms with van der Waals surface area (Å²) in [5.41, 5.74) is 0. The zero-order valence-corrected chi connectivity index (χ0v) is 64.8. The maximum absolute atomic E-state index is 13.1. The average molecular weight is 1410 g/mol. The Morgan fingerprint density at radius 2 is 0.438 bits per heavy atom. The van der Waals surface area contributed by atoms with E-state index < -0.39 is 97.5 Å². The van der Waals surface area contributed by atoms with Gasteiger partial charge in [-0.2, -0.15) is 0 Å². The summed E-state index contributed by atoms with van der Waals surface area (Å²) in [6.45, 7) is 14.2. The third kappa shape index (κ3) is 70.5. The van der Waals surface area contributed by atoms with Crippen molar-refractivity contribution in [3.05, 3.63) is 0 Å². The Balaban J connectivity index is 5.22. The second-order valence-corrected chi connectivity index (χ2v) is 32.6. The van der Waals surface area contributed by atoms with Crippen LogP contribution < -0.4 is 0 Å². The number of esters is 4. The van der Waals surface area contributed by atoms with Crippen LogP contribution in [0.3, 0.4) is 0 Å². The Labute approximate surface area is 588 Å². The van der Waals surface area contributed by atoms with Gasteiger partial charge in [-0.3, -0.25) is 37.3 Å². The third-order valence-corrected chi connectivity index (χ3v) is 19.7. The van der Waals surface area contributed by atoms with Crippen LogP contribution in [0.5, 0.6) is 0 Å². The first-order chi connectivity index (χ1) is 46.1. The van der Waals surface area contributed by atoms with E-state index in [1.54, 1.807) is 0 Å². The molecule has 5 atom stereocenters. The van der Waals surface area contributed by atoms with Crippen molar-refractivity contribution in [2.75, 3.05) is 39.6 Å². The van der Waals surface area contributed by atoms with E-state index in [1.165, 1.54) is 186 Å². The highest BCUT2D eigenvalue weighted by molar-refractivity contribution is 7.47. The van der Waals surface area contributed by atoms with Crippen molar-refractivity contribution < 1.29 is 80.2 Å². The molecule has 96 heavy (non-hydrogen) atoms. The molecule has 0 radical (unpaired) electrons. The molecule has 0 aliphatic heterocycles. The Hall–Kier alpha value is -1.94. The van der Waals surface area contributed by atoms with E-state index in [0.717, 1.165) is 114 Å². The van der Waals surface area contributed by atoms with E-state index in [2.05, 4.69) is 55.4 Å². The Morgan fingerprint density at radius 3 is 0.646 bits per heavy atom. The molecule has 0 heterocycles. The van der Waals surface area contributed by atoms with Gasteiger partial charge in [0.15, 0.2) is 12.2 Å². The second-order valence-electron chi connectivity index (χ2n) is 29.7. The van der Waals surface area contributed by atoms with Crippen LogP contribution >= 0.6 is 15.6 Å². The molecule has 2 unspecified atom stereocenters. The molecule has 0 aliphatic rings. The van der Waals surface area contributed by atoms with Crippen LogP contribution in [-0.4, -0.2) is 96.7 Å². The molecule has 0 amide bonds. The molecule has 0 aromatic carbocycles. The van der Waals surface area contributed by atoms with Gasteiger partial charge in [-0.25, -0.2) is 9.13 Å². The number of hydrogen-bond acceptors (Lipinski definition) is 15. The molecule has 0 rings (SSSR count). The number of phosphoric acid groups is 2. The molecule has 0 aromatic rings. The van der Waals surface area contributed by atoms with Crippen molar-refractivity contribution in [1.29, 1.82) is 0 Å². The van der Waals surface area contributed by atoms with Crippen LogP contribution in [0.4, 0.5) is 0 Å². The molecule has 3 N–H and O–H groups in total. The van der Waals surface area contributed by atoms with Crippen molar-refractivity contribution in [3.8, 4) is 0 Å². The molecule has 0 bridgehead atoms. The number of carbonyl (C=O) groups excluding carboxylic acids is 4. The van der Waals surface area contributed by atoms with Crippen LogP contribution in [0.15, 0.2) is 0 Å². The van der Waals surface area contributed by atoms with Gasteiger partial charge in [-0.15, -0.1) is 0 Å². The Morgan fingerprint density at radius 1 is 0.260 bits per heavy atom. The molecule has 0 aromatic heterocycles. The van der Waals surface area contributed by atoms with Gasteiger partial charge in [0.25, 0.3) is 0 Å². The summed E-state index contributed by atoms with van der Waals surface area (Å²) < 4.78 is 68.5. The first kappa shape index (κ1) is 94.1. The Kier molecular flexibility index (Phi) is 65.0. The maximum atomic E-state index is 13.1. The van der Waals surface area contributed by atoms with E-state index in [0.29, 0.717) is 31.6 Å². The number of carbonyl (C=O) groups is 4. The van der Waals surface area contributed by atoms with Gasteiger partial charge in [-0.05, 0) is 49.4 Å². The van der Waals surface area contributed by atoms with Crippen molar-refractivity contribution >= 4 is 39.5 Å². The highest BCUT2D eigenvalue weighted by atomic mass is 31.2. The van der Waals surface area contributed by atoms with E-state index in [1.807, 2.05) is 0 Å². The largest absolute Gasteiger partial charge is 0.472 e. The number of ether oxygens (including phenoxy) is 4. The fourth-order valence-electron chi connectivity index (χ4n) is 11.7. The fourth-order valence-corrected chi connectivity index (χ4v) is 13.3. The summed E-state index contributed by atoms with van der Waals surface area (Å²) >= 11 is 0. The summed E-state index contributed by atoms with van der Waals surface area (Å²) in [5.74, 6) is 0.903. The minimum atomic E-state index is -4.96. The zero-order chi connectivity index (χ0) is 71.0. The average Bonchev–Trinajstić information content (AvgIpc) is 1.47. The second kappa shape index (κ2) is 66.3. The molecule has 19 heteroatoms. The predicted molar refractivity (Wildman–Crippen MR) is 391 cm³/mol. The quantitative estimate of drug-likeness (QED) is 0.0222. The monoisotopic (exact) mass is 1410 g/mol. The number of aliphatic hydroxyl groups is 1. The molecule has 0 fully saturated rings. The van der Waals surface area contributed by atoms with Gasteiger partial charge in [0.05, 0.1) is 26.4 Å². The lowest BCUT2D eigenvalue weighted by atomic mass is 10.0. The van der Waals surface area contributed by atoms with Gasteiger partial charge in [0.1, 0.15) is 19.3 Å². The van der Waals surface area contributed by atoms with Crippen molar-refractivity contribution in [2.45, 2.75) is 408 Å². The first-order valence-electron chi connectivity index (χ1n) is 39.7. The molecular weight excluding hydrogens is 1260 g/mol. The van der Waals surface area contributed by atoms with Crippen LogP contribution in [0.2, 0.25) is 0 Å². The fraction of sp³-hybridized carbons (Fsp3) is 0.948. The summed E-state index contributed by atoms with van der Waals surface area (Å²) in [6, 6.07) is 0. The molecular formula is C77H150O17P2. The number of unbranched alkanes of at least 4 members (excludes halogenated alkanes) is 40. The van der Waals surface area contributed by atoms with E-state index >= 15 is 0 Å². The normalized spacial score (nSPS) is 14.1. The number of rotatable bonds is 74. The van der Waals surface area contributed by atoms with Gasteiger partial charge >= 0.3 is 39.5 Å². The topological polar surface area (TPSA) is 237 Å². The van der Waals surface area contributed by atoms with Crippen molar-refractivity contribution in [2.24, 2.45) is 23.7 Å². The van der Waals surface area contributed by atoms with Gasteiger partial charge in [-0.1, -0.05) is 338 Å². The summed E-state index contributed by atoms with van der Waals surface area (Å²) in [7, 11) is -9.91. The smallest absolute Gasteiger partial charge is 0.462 e. The first-order valence-corrected chi connectivity index (χ1v) is 42.7. The predicted octanol–water partition coefficient (Wildman–Crippen LogP) is 22.4. The van der Waals surface area contributed by atoms with Crippen LogP contribution in [0.1, 0.15) is 389 Å². The van der Waals surface area contributed by atoms with Crippen LogP contribution in [0.25, 0.3) is 0 Å². The van der Waals surface area contributed by atoms with Crippen molar-refractivity contribution in [3.63, 3.8) is 0 Å². The highest BCUT2D eigenvalue weighted by Gasteiger charge is 2.30. The van der Waals surface area contributed by atoms with E-state index in [9.17, 15) is 43.2 Å². The van der Waals surface area contributed by atoms with Crippen molar-refractivity contribution in [1.82, 2.24) is 0 Å². The molecule has 0 saturated carbocycles. The third-order valence-electron chi connectivity index (χ3n) is 17.8. The SMILES string of the molecule is CC(C)CCCCCCCCCCCCCCCCCCC(=O)O[C@H](COC(=O)CCCCCCCCCCCCC(C)C)COP(=O)(O)OC[C@@H](O)COP(=O)(O)OC[C@@H](COC(=O)CCCCCCCCC(C)C)OC(=O)CCCCCCCCCCCCCCC(C)C. The molecule has 0 spiro atoms. The minimum Gasteiger partial charge on any atom is -0.462 e. The van der Waals surface area contributed by atoms with Crippen LogP contribution in [-0.2, 0) is 65.4 Å². The van der Waals surface area contributed by atoms with E-state index in [4.69, 9.17) is 37.0 Å². The minimum absolute atomic E-state index is 0.105. The van der Waals surface area contributed by atoms with Gasteiger partial charge in [0, 0.05) is 25.7 Å². The number of phosphoric ester groups is 2. The number of aliphatic hydroxyl groups excluding tert-OH is 1. The summed E-state index contributed by atoms with van der Waals surface area (Å²) in [6.07, 6.45) is 51.5. The Bertz CT molecular complexity index is 1880. The molecule has 570 valence electrons. The summed E-state index contributed by atoms with van der Waals surface area (Å²) in [5, 5.41) is 10.6. The van der Waals surface area contributed by atoms with Gasteiger partial charge in [0.2, 0.25) is 0 Å². The lowest BCUT2D eigenvalue weighted by molar-refractivity contribution is -0.161. The van der Waals surface area contributed by atoms with E-state index in [-0.39, 0.29) is 25.7 Å².